The van der Waals surface area contributed by atoms with Gasteiger partial charge in [0.1, 0.15) is 11.6 Å². The summed E-state index contributed by atoms with van der Waals surface area (Å²) in [4.78, 5) is 37.2. The molecule has 0 unspecified atom stereocenters. The summed E-state index contributed by atoms with van der Waals surface area (Å²) >= 11 is 0. The van der Waals surface area contributed by atoms with Gasteiger partial charge >= 0.3 is 0 Å². The molecule has 4 heterocycles. The van der Waals surface area contributed by atoms with Gasteiger partial charge in [0.05, 0.1) is 37.1 Å². The Morgan fingerprint density at radius 2 is 2.06 bits per heavy atom. The fourth-order valence-corrected chi connectivity index (χ4v) is 4.79. The van der Waals surface area contributed by atoms with Gasteiger partial charge in [-0.05, 0) is 37.7 Å². The molecule has 4 N–H and O–H groups in total. The second kappa shape index (κ2) is 9.96. The van der Waals surface area contributed by atoms with E-state index in [9.17, 15) is 9.59 Å². The van der Waals surface area contributed by atoms with Crippen LogP contribution in [0.3, 0.4) is 0 Å². The molecule has 3 aromatic heterocycles. The molecule has 0 bridgehead atoms. The van der Waals surface area contributed by atoms with Crippen molar-refractivity contribution in [2.45, 2.75) is 50.9 Å². The van der Waals surface area contributed by atoms with Crippen molar-refractivity contribution in [3.8, 4) is 11.5 Å². The van der Waals surface area contributed by atoms with E-state index in [0.717, 1.165) is 36.7 Å². The molecule has 1 aliphatic heterocycles. The van der Waals surface area contributed by atoms with Crippen LogP contribution in [0.2, 0.25) is 0 Å². The van der Waals surface area contributed by atoms with Gasteiger partial charge in [0, 0.05) is 30.8 Å². The van der Waals surface area contributed by atoms with E-state index in [4.69, 9.17) is 15.2 Å². The Hall–Kier alpha value is -3.57. The van der Waals surface area contributed by atoms with Crippen molar-refractivity contribution >= 4 is 22.8 Å². The normalized spacial score (nSPS) is 20.6. The number of nitrogens with one attached hydrogen (secondary N) is 2. The smallest absolute Gasteiger partial charge is 0.263 e. The van der Waals surface area contributed by atoms with Crippen LogP contribution in [-0.4, -0.2) is 51.2 Å². The maximum absolute atomic E-state index is 12.6. The number of pyridine rings is 2. The van der Waals surface area contributed by atoms with Crippen LogP contribution in [0.5, 0.6) is 11.5 Å². The van der Waals surface area contributed by atoms with Gasteiger partial charge in [0.2, 0.25) is 0 Å². The highest BCUT2D eigenvalue weighted by Gasteiger charge is 2.27. The van der Waals surface area contributed by atoms with Crippen LogP contribution in [0.4, 0.5) is 5.82 Å². The van der Waals surface area contributed by atoms with E-state index in [1.807, 2.05) is 6.07 Å². The number of nitrogens with zero attached hydrogens (tertiary/aromatic N) is 4. The maximum Gasteiger partial charge on any atom is 0.263 e. The number of hydrogen-bond donors (Lipinski definition) is 3. The third-order valence-corrected chi connectivity index (χ3v) is 6.79. The first-order chi connectivity index (χ1) is 17.0. The van der Waals surface area contributed by atoms with Gasteiger partial charge < -0.3 is 30.4 Å². The standard InChI is InChI=1S/C24H29N7O4/c1-34-16-8-19-18(27-9-16)6-7-23(33)31(19)12-17(25)14-2-4-15(5-3-14)26-11-21-28-10-20-24(29-21)30-22(32)13-35-20/h6-10,14-15,17,26H,2-5,11-13,25H2,1H3,(H,28,29,30,32)/t14?,15?,17-/m1/s1. The summed E-state index contributed by atoms with van der Waals surface area (Å²) in [6, 6.07) is 5.28. The van der Waals surface area contributed by atoms with E-state index < -0.39 is 0 Å². The molecule has 2 aliphatic rings. The molecule has 0 spiro atoms. The number of anilines is 1. The summed E-state index contributed by atoms with van der Waals surface area (Å²) < 4.78 is 12.3. The minimum Gasteiger partial charge on any atom is -0.495 e. The van der Waals surface area contributed by atoms with Gasteiger partial charge in [-0.3, -0.25) is 14.6 Å². The predicted molar refractivity (Wildman–Crippen MR) is 129 cm³/mol. The number of fused-ring (bicyclic) bond motifs is 2. The van der Waals surface area contributed by atoms with Crippen molar-refractivity contribution < 1.29 is 14.3 Å². The lowest BCUT2D eigenvalue weighted by Crippen LogP contribution is -2.42. The molecule has 1 saturated carbocycles. The fraction of sp³-hybridized carbons (Fsp3) is 0.458. The van der Waals surface area contributed by atoms with Crippen molar-refractivity contribution in [1.29, 1.82) is 0 Å². The summed E-state index contributed by atoms with van der Waals surface area (Å²) in [5.74, 6) is 2.22. The Balaban J connectivity index is 1.17. The number of amides is 1. The lowest BCUT2D eigenvalue weighted by Gasteiger charge is -2.33. The summed E-state index contributed by atoms with van der Waals surface area (Å²) in [5, 5.41) is 6.22. The highest BCUT2D eigenvalue weighted by molar-refractivity contribution is 5.94. The molecule has 0 radical (unpaired) electrons. The van der Waals surface area contributed by atoms with Crippen molar-refractivity contribution in [3.05, 3.63) is 46.8 Å². The number of carbonyl (C=O) groups excluding carboxylic acids is 1. The van der Waals surface area contributed by atoms with Crippen molar-refractivity contribution in [1.82, 2.24) is 24.8 Å². The second-order valence-corrected chi connectivity index (χ2v) is 9.05. The highest BCUT2D eigenvalue weighted by Crippen LogP contribution is 2.28. The van der Waals surface area contributed by atoms with Gasteiger partial charge in [-0.25, -0.2) is 9.97 Å². The molecule has 0 aromatic carbocycles. The summed E-state index contributed by atoms with van der Waals surface area (Å²) in [6.45, 7) is 0.925. The van der Waals surface area contributed by atoms with E-state index in [-0.39, 0.29) is 24.1 Å². The lowest BCUT2D eigenvalue weighted by atomic mass is 9.81. The fourth-order valence-electron chi connectivity index (χ4n) is 4.79. The molecule has 0 saturated heterocycles. The number of rotatable bonds is 7. The summed E-state index contributed by atoms with van der Waals surface area (Å²) in [7, 11) is 1.58. The summed E-state index contributed by atoms with van der Waals surface area (Å²) in [5.41, 5.74) is 7.97. The van der Waals surface area contributed by atoms with E-state index >= 15 is 0 Å². The molecular weight excluding hydrogens is 450 g/mol. The molecule has 35 heavy (non-hydrogen) atoms. The zero-order valence-electron chi connectivity index (χ0n) is 19.6. The molecular formula is C24H29N7O4. The minimum absolute atomic E-state index is 0.0143. The van der Waals surface area contributed by atoms with E-state index in [1.54, 1.807) is 30.1 Å². The Morgan fingerprint density at radius 3 is 2.86 bits per heavy atom. The van der Waals surface area contributed by atoms with Gasteiger partial charge in [0.25, 0.3) is 11.5 Å². The number of carbonyl (C=O) groups is 1. The first-order valence-electron chi connectivity index (χ1n) is 11.8. The zero-order valence-corrected chi connectivity index (χ0v) is 19.6. The quantitative estimate of drug-likeness (QED) is 0.455. The van der Waals surface area contributed by atoms with Crippen LogP contribution in [0.15, 0.2) is 35.4 Å². The average Bonchev–Trinajstić information content (AvgIpc) is 2.88. The second-order valence-electron chi connectivity index (χ2n) is 9.05. The van der Waals surface area contributed by atoms with E-state index in [1.165, 1.54) is 6.07 Å². The molecule has 11 nitrogen and oxygen atoms in total. The van der Waals surface area contributed by atoms with Crippen molar-refractivity contribution in [2.75, 3.05) is 19.0 Å². The molecule has 3 aromatic rings. The average molecular weight is 480 g/mol. The number of aromatic nitrogens is 4. The Bertz CT molecular complexity index is 1290. The molecule has 1 aliphatic carbocycles. The molecule has 1 amide bonds. The number of hydrogen-bond acceptors (Lipinski definition) is 9. The largest absolute Gasteiger partial charge is 0.495 e. The number of ether oxygens (including phenoxy) is 2. The molecule has 5 rings (SSSR count). The molecule has 184 valence electrons. The Kier molecular flexibility index (Phi) is 6.60. The van der Waals surface area contributed by atoms with Crippen LogP contribution < -0.4 is 31.4 Å². The topological polar surface area (TPSA) is 146 Å². The van der Waals surface area contributed by atoms with Crippen LogP contribution in [0, 0.1) is 5.92 Å². The van der Waals surface area contributed by atoms with Gasteiger partial charge in [-0.2, -0.15) is 0 Å². The van der Waals surface area contributed by atoms with E-state index in [2.05, 4.69) is 25.6 Å². The van der Waals surface area contributed by atoms with Crippen molar-refractivity contribution in [3.63, 3.8) is 0 Å². The van der Waals surface area contributed by atoms with Crippen LogP contribution in [0.25, 0.3) is 11.0 Å². The third kappa shape index (κ3) is 5.10. The lowest BCUT2D eigenvalue weighted by molar-refractivity contribution is -0.118. The first kappa shape index (κ1) is 23.2. The third-order valence-electron chi connectivity index (χ3n) is 6.79. The Labute approximate surface area is 202 Å². The van der Waals surface area contributed by atoms with Crippen molar-refractivity contribution in [2.24, 2.45) is 11.7 Å². The minimum atomic E-state index is -0.217. The first-order valence-corrected chi connectivity index (χ1v) is 11.8. The van der Waals surface area contributed by atoms with Gasteiger partial charge in [-0.15, -0.1) is 0 Å². The molecule has 1 atom stereocenters. The maximum atomic E-state index is 12.6. The number of nitrogens with two attached hydrogens (primary N) is 1. The molecule has 11 heteroatoms. The number of methoxy groups -OCH3 is 1. The van der Waals surface area contributed by atoms with Crippen LogP contribution in [-0.2, 0) is 17.9 Å². The monoisotopic (exact) mass is 479 g/mol. The predicted octanol–water partition coefficient (Wildman–Crippen LogP) is 1.20. The van der Waals surface area contributed by atoms with E-state index in [0.29, 0.717) is 48.2 Å². The van der Waals surface area contributed by atoms with Crippen LogP contribution >= 0.6 is 0 Å². The SMILES string of the molecule is COc1cnc2ccc(=O)n(C[C@@H](N)C3CCC(NCc4ncc5c(n4)NC(=O)CO5)CC3)c2c1. The zero-order chi connectivity index (χ0) is 24.4. The van der Waals surface area contributed by atoms with Gasteiger partial charge in [0.15, 0.2) is 18.2 Å². The van der Waals surface area contributed by atoms with Crippen LogP contribution in [0.1, 0.15) is 31.5 Å². The van der Waals surface area contributed by atoms with Gasteiger partial charge in [-0.1, -0.05) is 0 Å². The molecule has 1 fully saturated rings. The summed E-state index contributed by atoms with van der Waals surface area (Å²) in [6.07, 6.45) is 7.12. The highest BCUT2D eigenvalue weighted by atomic mass is 16.5. The Morgan fingerprint density at radius 1 is 1.23 bits per heavy atom.